The van der Waals surface area contributed by atoms with Crippen LogP contribution < -0.4 is 4.74 Å². The number of hydrogen-bond donors (Lipinski definition) is 0. The van der Waals surface area contributed by atoms with Crippen LogP contribution in [0.3, 0.4) is 0 Å². The molecule has 0 N–H and O–H groups in total. The molecule has 0 saturated carbocycles. The number of hydrogen-bond acceptors (Lipinski definition) is 4. The maximum absolute atomic E-state index is 14.8. The number of halogens is 1. The summed E-state index contributed by atoms with van der Waals surface area (Å²) in [4.78, 5) is 1.06. The fourth-order valence-corrected chi connectivity index (χ4v) is 3.45. The molecule has 0 radical (unpaired) electrons. The Morgan fingerprint density at radius 2 is 1.59 bits per heavy atom. The van der Waals surface area contributed by atoms with Gasteiger partial charge in [-0.3, -0.25) is 0 Å². The quantitative estimate of drug-likeness (QED) is 0.551. The first kappa shape index (κ1) is 18.5. The standard InChI is InChI=1S/C22H15FN2OS/c1-14-7-6-10-19(15(14)2)26-20-11-21(27-16-8-4-3-5-9-16)22(23)18(13-25)17(20)12-24/h3-11H,1-2H3. The summed E-state index contributed by atoms with van der Waals surface area (Å²) < 4.78 is 20.8. The summed E-state index contributed by atoms with van der Waals surface area (Å²) in [6.45, 7) is 3.86. The van der Waals surface area contributed by atoms with Gasteiger partial charge in [-0.1, -0.05) is 42.1 Å². The molecule has 132 valence electrons. The van der Waals surface area contributed by atoms with Gasteiger partial charge in [-0.15, -0.1) is 0 Å². The van der Waals surface area contributed by atoms with Gasteiger partial charge in [0.1, 0.15) is 34.8 Å². The van der Waals surface area contributed by atoms with Crippen LogP contribution in [0.25, 0.3) is 0 Å². The van der Waals surface area contributed by atoms with Gasteiger partial charge in [0, 0.05) is 4.90 Å². The normalized spacial score (nSPS) is 10.1. The minimum Gasteiger partial charge on any atom is -0.456 e. The van der Waals surface area contributed by atoms with E-state index in [4.69, 9.17) is 4.74 Å². The summed E-state index contributed by atoms with van der Waals surface area (Å²) in [5.74, 6) is 0.0245. The Balaban J connectivity index is 2.12. The van der Waals surface area contributed by atoms with E-state index in [0.29, 0.717) is 5.75 Å². The highest BCUT2D eigenvalue weighted by Crippen LogP contribution is 2.39. The molecule has 3 rings (SSSR count). The van der Waals surface area contributed by atoms with Crippen molar-refractivity contribution in [2.45, 2.75) is 23.6 Å². The first-order valence-electron chi connectivity index (χ1n) is 8.18. The van der Waals surface area contributed by atoms with Crippen molar-refractivity contribution in [3.8, 4) is 23.6 Å². The molecule has 0 spiro atoms. The van der Waals surface area contributed by atoms with E-state index < -0.39 is 5.82 Å². The van der Waals surface area contributed by atoms with Crippen molar-refractivity contribution >= 4 is 11.8 Å². The minimum absolute atomic E-state index is 0.103. The lowest BCUT2D eigenvalue weighted by molar-refractivity contribution is 0.471. The predicted octanol–water partition coefficient (Wildman–Crippen LogP) is 6.13. The fourth-order valence-electron chi connectivity index (χ4n) is 2.55. The van der Waals surface area contributed by atoms with Crippen molar-refractivity contribution in [1.82, 2.24) is 0 Å². The van der Waals surface area contributed by atoms with Gasteiger partial charge in [0.05, 0.1) is 4.90 Å². The molecule has 27 heavy (non-hydrogen) atoms. The zero-order valence-corrected chi connectivity index (χ0v) is 15.6. The van der Waals surface area contributed by atoms with Crippen LogP contribution in [0.5, 0.6) is 11.5 Å². The molecule has 0 bridgehead atoms. The number of rotatable bonds is 4. The highest BCUT2D eigenvalue weighted by Gasteiger charge is 2.21. The average molecular weight is 374 g/mol. The second-order valence-corrected chi connectivity index (χ2v) is 6.99. The van der Waals surface area contributed by atoms with E-state index in [0.717, 1.165) is 16.0 Å². The van der Waals surface area contributed by atoms with E-state index in [-0.39, 0.29) is 21.8 Å². The molecule has 0 aliphatic heterocycles. The third-order valence-corrected chi connectivity index (χ3v) is 5.19. The summed E-state index contributed by atoms with van der Waals surface area (Å²) in [5.41, 5.74) is 1.54. The Bertz CT molecular complexity index is 1080. The Kier molecular flexibility index (Phi) is 5.45. The first-order chi connectivity index (χ1) is 13.0. The SMILES string of the molecule is Cc1cccc(Oc2cc(Sc3ccccc3)c(F)c(C#N)c2C#N)c1C. The Morgan fingerprint density at radius 3 is 2.26 bits per heavy atom. The monoisotopic (exact) mass is 374 g/mol. The van der Waals surface area contributed by atoms with E-state index in [9.17, 15) is 14.9 Å². The molecular formula is C22H15FN2OS. The molecule has 0 heterocycles. The van der Waals surface area contributed by atoms with E-state index in [1.54, 1.807) is 12.1 Å². The Morgan fingerprint density at radius 1 is 0.889 bits per heavy atom. The largest absolute Gasteiger partial charge is 0.456 e. The Labute approximate surface area is 161 Å². The topological polar surface area (TPSA) is 56.8 Å². The van der Waals surface area contributed by atoms with Gasteiger partial charge in [0.15, 0.2) is 5.82 Å². The molecule has 0 unspecified atom stereocenters. The van der Waals surface area contributed by atoms with Crippen molar-refractivity contribution in [2.24, 2.45) is 0 Å². The molecule has 0 atom stereocenters. The van der Waals surface area contributed by atoms with Crippen molar-refractivity contribution in [3.05, 3.63) is 82.7 Å². The Hall–Kier alpha value is -3.28. The van der Waals surface area contributed by atoms with Gasteiger partial charge in [0.2, 0.25) is 0 Å². The third-order valence-electron chi connectivity index (χ3n) is 4.16. The fraction of sp³-hybridized carbons (Fsp3) is 0.0909. The number of benzene rings is 3. The molecule has 3 nitrogen and oxygen atoms in total. The van der Waals surface area contributed by atoms with E-state index in [2.05, 4.69) is 0 Å². The van der Waals surface area contributed by atoms with E-state index in [1.165, 1.54) is 17.8 Å². The van der Waals surface area contributed by atoms with Crippen molar-refractivity contribution in [3.63, 3.8) is 0 Å². The van der Waals surface area contributed by atoms with Crippen LogP contribution >= 0.6 is 11.8 Å². The predicted molar refractivity (Wildman–Crippen MR) is 102 cm³/mol. The van der Waals surface area contributed by atoms with Crippen molar-refractivity contribution in [1.29, 1.82) is 10.5 Å². The smallest absolute Gasteiger partial charge is 0.156 e. The van der Waals surface area contributed by atoms with E-state index >= 15 is 0 Å². The van der Waals surface area contributed by atoms with Crippen molar-refractivity contribution < 1.29 is 9.13 Å². The van der Waals surface area contributed by atoms with Crippen LogP contribution in [0.15, 0.2) is 64.4 Å². The second-order valence-electron chi connectivity index (χ2n) is 5.88. The lowest BCUT2D eigenvalue weighted by atomic mass is 10.1. The summed E-state index contributed by atoms with van der Waals surface area (Å²) in [6, 6.07) is 20.0. The van der Waals surface area contributed by atoms with Crippen LogP contribution in [-0.4, -0.2) is 0 Å². The minimum atomic E-state index is -0.712. The van der Waals surface area contributed by atoms with Gasteiger partial charge >= 0.3 is 0 Å². The summed E-state index contributed by atoms with van der Waals surface area (Å²) in [6.07, 6.45) is 0. The van der Waals surface area contributed by atoms with Gasteiger partial charge in [-0.05, 0) is 49.2 Å². The van der Waals surface area contributed by atoms with E-state index in [1.807, 2.05) is 62.4 Å². The third kappa shape index (κ3) is 3.79. The zero-order valence-electron chi connectivity index (χ0n) is 14.8. The summed E-state index contributed by atoms with van der Waals surface area (Å²) in [5, 5.41) is 18.9. The number of nitrogens with zero attached hydrogens (tertiary/aromatic N) is 2. The highest BCUT2D eigenvalue weighted by atomic mass is 32.2. The molecule has 3 aromatic carbocycles. The first-order valence-corrected chi connectivity index (χ1v) is 9.00. The zero-order chi connectivity index (χ0) is 19.4. The maximum atomic E-state index is 14.8. The van der Waals surface area contributed by atoms with Gasteiger partial charge in [-0.25, -0.2) is 4.39 Å². The van der Waals surface area contributed by atoms with Gasteiger partial charge < -0.3 is 4.74 Å². The van der Waals surface area contributed by atoms with Gasteiger partial charge in [0.25, 0.3) is 0 Å². The summed E-state index contributed by atoms with van der Waals surface area (Å²) >= 11 is 1.18. The van der Waals surface area contributed by atoms with Crippen LogP contribution in [-0.2, 0) is 0 Å². The molecule has 0 aliphatic carbocycles. The average Bonchev–Trinajstić information content (AvgIpc) is 2.68. The number of ether oxygens (including phenoxy) is 1. The van der Waals surface area contributed by atoms with Crippen LogP contribution in [0.1, 0.15) is 22.3 Å². The molecular weight excluding hydrogens is 359 g/mol. The van der Waals surface area contributed by atoms with Crippen molar-refractivity contribution in [2.75, 3.05) is 0 Å². The molecule has 5 heteroatoms. The molecule has 0 aliphatic rings. The maximum Gasteiger partial charge on any atom is 0.156 e. The van der Waals surface area contributed by atoms with Crippen LogP contribution in [0.4, 0.5) is 4.39 Å². The molecule has 0 aromatic heterocycles. The number of nitriles is 2. The number of aryl methyl sites for hydroxylation is 1. The highest BCUT2D eigenvalue weighted by molar-refractivity contribution is 7.99. The lowest BCUT2D eigenvalue weighted by Gasteiger charge is -2.14. The molecule has 0 amide bonds. The van der Waals surface area contributed by atoms with Crippen LogP contribution in [0.2, 0.25) is 0 Å². The lowest BCUT2D eigenvalue weighted by Crippen LogP contribution is -1.99. The molecule has 0 saturated heterocycles. The van der Waals surface area contributed by atoms with Crippen LogP contribution in [0, 0.1) is 42.3 Å². The molecule has 0 fully saturated rings. The molecule has 3 aromatic rings. The second kappa shape index (κ2) is 7.95. The summed E-state index contributed by atoms with van der Waals surface area (Å²) in [7, 11) is 0. The van der Waals surface area contributed by atoms with Gasteiger partial charge in [-0.2, -0.15) is 10.5 Å².